The highest BCUT2D eigenvalue weighted by atomic mass is 16.2. The molecule has 5 heteroatoms. The third kappa shape index (κ3) is 39.1. The lowest BCUT2D eigenvalue weighted by atomic mass is 10.4. The van der Waals surface area contributed by atoms with Crippen LogP contribution in [0, 0.1) is 0 Å². The van der Waals surface area contributed by atoms with Gasteiger partial charge in [-0.25, -0.2) is 0 Å². The van der Waals surface area contributed by atoms with E-state index < -0.39 is 0 Å². The average molecular weight is 119 g/mol. The van der Waals surface area contributed by atoms with Crippen molar-refractivity contribution in [1.82, 2.24) is 0 Å². The molecule has 4 nitrogen and oxygen atoms in total. The highest BCUT2D eigenvalue weighted by Crippen LogP contribution is 1.58. The summed E-state index contributed by atoms with van der Waals surface area (Å²) in [5, 5.41) is 7.35. The zero-order valence-electron chi connectivity index (χ0n) is 5.01. The first-order valence-corrected chi connectivity index (χ1v) is 2.54. The molecule has 0 aromatic carbocycles. The fourth-order valence-corrected chi connectivity index (χ4v) is 0.118. The fourth-order valence-electron chi connectivity index (χ4n) is 0.118. The Kier molecular flexibility index (Phi) is 21.3. The first-order chi connectivity index (χ1) is 3.83. The minimum absolute atomic E-state index is 0.250. The summed E-state index contributed by atoms with van der Waals surface area (Å²) >= 11 is 0. The van der Waals surface area contributed by atoms with Gasteiger partial charge in [0, 0.05) is 0 Å². The van der Waals surface area contributed by atoms with Gasteiger partial charge in [0.1, 0.15) is 0 Å². The molecule has 50 valence electrons. The van der Waals surface area contributed by atoms with Crippen molar-refractivity contribution in [3.8, 4) is 0 Å². The van der Waals surface area contributed by atoms with Crippen LogP contribution in [0.3, 0.4) is 0 Å². The molecule has 0 unspecified atom stereocenters. The van der Waals surface area contributed by atoms with Gasteiger partial charge in [-0.1, -0.05) is 0 Å². The van der Waals surface area contributed by atoms with E-state index in [1.807, 2.05) is 0 Å². The van der Waals surface area contributed by atoms with Crippen LogP contribution < -0.4 is 17.1 Å². The summed E-state index contributed by atoms with van der Waals surface area (Å²) in [6.07, 6.45) is 0.944. The minimum Gasteiger partial charge on any atom is -0.440 e. The van der Waals surface area contributed by atoms with E-state index in [1.165, 1.54) is 0 Å². The molecule has 0 rings (SSSR count). The van der Waals surface area contributed by atoms with Crippen molar-refractivity contribution in [3.63, 3.8) is 0 Å². The minimum atomic E-state index is -0.250. The Hall–Kier alpha value is -0.0951. The second kappa shape index (κ2) is 15.8. The van der Waals surface area contributed by atoms with E-state index >= 15 is 0 Å². The van der Waals surface area contributed by atoms with Gasteiger partial charge >= 0.3 is 7.62 Å². The number of hydrogen-bond acceptors (Lipinski definition) is 4. The average Bonchev–Trinajstić information content (AvgIpc) is 1.71. The van der Waals surface area contributed by atoms with Crippen LogP contribution in [-0.4, -0.2) is 25.7 Å². The van der Waals surface area contributed by atoms with Crippen LogP contribution in [0.2, 0.25) is 0 Å². The summed E-state index contributed by atoms with van der Waals surface area (Å²) in [6.45, 7) is 1.44. The van der Waals surface area contributed by atoms with Gasteiger partial charge in [0.05, 0.1) is 0 Å². The molecule has 0 bridgehead atoms. The molecular weight excluding hydrogens is 105 g/mol. The second-order valence-electron chi connectivity index (χ2n) is 1.11. The Bertz CT molecular complexity index is 28.5. The van der Waals surface area contributed by atoms with Crippen LogP contribution in [0.25, 0.3) is 0 Å². The molecule has 0 aliphatic carbocycles. The van der Waals surface area contributed by atoms with Gasteiger partial charge in [-0.15, -0.1) is 0 Å². The van der Waals surface area contributed by atoms with Gasteiger partial charge in [0.25, 0.3) is 0 Å². The normalized spacial score (nSPS) is 7.00. The van der Waals surface area contributed by atoms with Crippen molar-refractivity contribution in [2.45, 2.75) is 6.42 Å². The predicted molar refractivity (Wildman–Crippen MR) is 36.3 cm³/mol. The Morgan fingerprint density at radius 3 is 1.50 bits per heavy atom. The van der Waals surface area contributed by atoms with Crippen LogP contribution in [0.4, 0.5) is 0 Å². The Balaban J connectivity index is 0. The van der Waals surface area contributed by atoms with Crippen LogP contribution in [0.15, 0.2) is 0 Å². The number of hydrogen-bond donors (Lipinski definition) is 4. The summed E-state index contributed by atoms with van der Waals surface area (Å²) < 4.78 is 0. The van der Waals surface area contributed by atoms with Gasteiger partial charge < -0.3 is 22.1 Å². The molecule has 7 N–H and O–H groups in total. The van der Waals surface area contributed by atoms with Crippen molar-refractivity contribution in [2.24, 2.45) is 17.1 Å². The first kappa shape index (κ1) is 10.8. The largest absolute Gasteiger partial charge is 0.440 e. The van der Waals surface area contributed by atoms with E-state index in [2.05, 4.69) is 5.64 Å². The van der Waals surface area contributed by atoms with Gasteiger partial charge in [-0.3, -0.25) is 0 Å². The molecule has 0 saturated heterocycles. The van der Waals surface area contributed by atoms with Crippen molar-refractivity contribution < 1.29 is 5.02 Å². The standard InChI is InChI=1S/C3H10N2.BH4NO/c4-2-1-3-5;2-1-3/h1-5H2;1,3H,2H2. The van der Waals surface area contributed by atoms with Crippen molar-refractivity contribution in [1.29, 1.82) is 0 Å². The van der Waals surface area contributed by atoms with E-state index in [9.17, 15) is 0 Å². The molecular formula is C3H14BN3O. The molecule has 8 heavy (non-hydrogen) atoms. The lowest BCUT2D eigenvalue weighted by molar-refractivity contribution is 0.604. The van der Waals surface area contributed by atoms with Crippen LogP contribution in [0.1, 0.15) is 6.42 Å². The maximum Gasteiger partial charge on any atom is 0.355 e. The van der Waals surface area contributed by atoms with E-state index in [4.69, 9.17) is 16.5 Å². The van der Waals surface area contributed by atoms with Gasteiger partial charge in [0.15, 0.2) is 0 Å². The maximum absolute atomic E-state index is 7.35. The summed E-state index contributed by atoms with van der Waals surface area (Å²) in [6, 6.07) is 0. The predicted octanol–water partition coefficient (Wildman–Crippen LogP) is -2.50. The van der Waals surface area contributed by atoms with Crippen molar-refractivity contribution in [3.05, 3.63) is 0 Å². The lowest BCUT2D eigenvalue weighted by Crippen LogP contribution is -2.06. The van der Waals surface area contributed by atoms with Crippen molar-refractivity contribution >= 4 is 7.62 Å². The van der Waals surface area contributed by atoms with Gasteiger partial charge in [0.2, 0.25) is 0 Å². The summed E-state index contributed by atoms with van der Waals surface area (Å²) in [4.78, 5) is 0. The third-order valence-corrected chi connectivity index (χ3v) is 0.408. The molecule has 0 saturated carbocycles. The number of nitrogens with two attached hydrogens (primary N) is 3. The molecule has 0 atom stereocenters. The van der Waals surface area contributed by atoms with Crippen molar-refractivity contribution in [2.75, 3.05) is 13.1 Å². The molecule has 0 radical (unpaired) electrons. The van der Waals surface area contributed by atoms with Crippen LogP contribution in [-0.2, 0) is 0 Å². The molecule has 0 aliphatic rings. The molecule has 0 aromatic rings. The highest BCUT2D eigenvalue weighted by Gasteiger charge is 1.67. The van der Waals surface area contributed by atoms with Crippen LogP contribution >= 0.6 is 0 Å². The van der Waals surface area contributed by atoms with Gasteiger partial charge in [-0.05, 0) is 19.5 Å². The molecule has 0 amide bonds. The topological polar surface area (TPSA) is 98.3 Å². The molecule has 0 aliphatic heterocycles. The summed E-state index contributed by atoms with van der Waals surface area (Å²) in [5.74, 6) is 0. The third-order valence-electron chi connectivity index (χ3n) is 0.408. The first-order valence-electron chi connectivity index (χ1n) is 2.54. The molecule has 0 spiro atoms. The SMILES string of the molecule is NBO.NCCCN. The smallest absolute Gasteiger partial charge is 0.355 e. The molecule has 0 aromatic heterocycles. The zero-order chi connectivity index (χ0) is 6.83. The summed E-state index contributed by atoms with van der Waals surface area (Å²) in [5.41, 5.74) is 14.5. The monoisotopic (exact) mass is 119 g/mol. The van der Waals surface area contributed by atoms with E-state index in [1.54, 1.807) is 0 Å². The second-order valence-corrected chi connectivity index (χ2v) is 1.11. The summed E-state index contributed by atoms with van der Waals surface area (Å²) in [7, 11) is -0.250. The fraction of sp³-hybridized carbons (Fsp3) is 1.00. The zero-order valence-corrected chi connectivity index (χ0v) is 5.01. The Morgan fingerprint density at radius 1 is 1.25 bits per heavy atom. The Labute approximate surface area is 50.3 Å². The van der Waals surface area contributed by atoms with Gasteiger partial charge in [-0.2, -0.15) is 0 Å². The Morgan fingerprint density at radius 2 is 1.50 bits per heavy atom. The maximum atomic E-state index is 7.35. The lowest BCUT2D eigenvalue weighted by Gasteiger charge is -1.81. The van der Waals surface area contributed by atoms with E-state index in [0.29, 0.717) is 0 Å². The van der Waals surface area contributed by atoms with E-state index in [-0.39, 0.29) is 7.62 Å². The molecule has 0 heterocycles. The van der Waals surface area contributed by atoms with E-state index in [0.717, 1.165) is 19.5 Å². The molecule has 0 fully saturated rings. The number of rotatable bonds is 2. The highest BCUT2D eigenvalue weighted by molar-refractivity contribution is 6.19. The van der Waals surface area contributed by atoms with Crippen LogP contribution in [0.5, 0.6) is 0 Å². The quantitative estimate of drug-likeness (QED) is 0.302.